The number of carbonyl (C=O) groups excluding carboxylic acids is 1. The Morgan fingerprint density at radius 2 is 2.05 bits per heavy atom. The van der Waals surface area contributed by atoms with Gasteiger partial charge in [-0.05, 0) is 43.5 Å². The van der Waals surface area contributed by atoms with Crippen molar-refractivity contribution in [2.45, 2.75) is 31.3 Å². The van der Waals surface area contributed by atoms with Crippen LogP contribution in [-0.4, -0.2) is 37.6 Å². The van der Waals surface area contributed by atoms with Gasteiger partial charge in [0.2, 0.25) is 5.91 Å². The molecule has 1 saturated heterocycles. The van der Waals surface area contributed by atoms with Crippen molar-refractivity contribution in [3.8, 4) is 0 Å². The molecule has 0 spiro atoms. The van der Waals surface area contributed by atoms with Crippen molar-refractivity contribution in [3.63, 3.8) is 0 Å². The van der Waals surface area contributed by atoms with Crippen LogP contribution in [0.15, 0.2) is 24.3 Å². The molecular weight excluding hydrogens is 257 g/mol. The van der Waals surface area contributed by atoms with Crippen LogP contribution in [0, 0.1) is 5.82 Å². The Morgan fingerprint density at radius 3 is 2.70 bits per heavy atom. The van der Waals surface area contributed by atoms with Gasteiger partial charge in [-0.15, -0.1) is 0 Å². The molecule has 1 heterocycles. The number of halogens is 1. The summed E-state index contributed by atoms with van der Waals surface area (Å²) in [5.41, 5.74) is 0.967. The molecule has 1 aromatic rings. The second kappa shape index (κ2) is 5.79. The summed E-state index contributed by atoms with van der Waals surface area (Å²) in [6.45, 7) is 2.23. The minimum atomic E-state index is -0.233. The quantitative estimate of drug-likeness (QED) is 0.874. The van der Waals surface area contributed by atoms with Crippen LogP contribution in [0.5, 0.6) is 0 Å². The summed E-state index contributed by atoms with van der Waals surface area (Å²) in [5, 5.41) is 6.33. The van der Waals surface area contributed by atoms with Crippen LogP contribution in [0.4, 0.5) is 10.1 Å². The van der Waals surface area contributed by atoms with E-state index in [0.717, 1.165) is 31.6 Å². The molecule has 2 aliphatic rings. The fraction of sp³-hybridized carbons (Fsp3) is 0.533. The second-order valence-electron chi connectivity index (χ2n) is 5.57. The highest BCUT2D eigenvalue weighted by molar-refractivity contribution is 5.83. The van der Waals surface area contributed by atoms with Gasteiger partial charge in [0.1, 0.15) is 11.9 Å². The summed E-state index contributed by atoms with van der Waals surface area (Å²) in [7, 11) is 0. The topological polar surface area (TPSA) is 44.4 Å². The minimum absolute atomic E-state index is 0.0847. The molecule has 1 atom stereocenters. The van der Waals surface area contributed by atoms with Crippen molar-refractivity contribution >= 4 is 11.6 Å². The van der Waals surface area contributed by atoms with Crippen molar-refractivity contribution in [1.82, 2.24) is 10.6 Å². The Bertz CT molecular complexity index is 473. The maximum atomic E-state index is 13.0. The predicted octanol–water partition coefficient (Wildman–Crippen LogP) is 1.27. The van der Waals surface area contributed by atoms with Crippen molar-refractivity contribution in [2.75, 3.05) is 24.5 Å². The van der Waals surface area contributed by atoms with Gasteiger partial charge in [-0.3, -0.25) is 4.79 Å². The second-order valence-corrected chi connectivity index (χ2v) is 5.57. The molecule has 3 rings (SSSR count). The fourth-order valence-corrected chi connectivity index (χ4v) is 2.67. The van der Waals surface area contributed by atoms with E-state index in [4.69, 9.17) is 0 Å². The van der Waals surface area contributed by atoms with Crippen LogP contribution in [0.2, 0.25) is 0 Å². The molecule has 108 valence electrons. The lowest BCUT2D eigenvalue weighted by atomic mass is 9.93. The Balaban J connectivity index is 1.60. The number of rotatable bonds is 3. The zero-order valence-corrected chi connectivity index (χ0v) is 11.4. The van der Waals surface area contributed by atoms with Gasteiger partial charge in [0.15, 0.2) is 0 Å². The van der Waals surface area contributed by atoms with Gasteiger partial charge < -0.3 is 15.5 Å². The van der Waals surface area contributed by atoms with E-state index in [2.05, 4.69) is 15.5 Å². The first kappa shape index (κ1) is 13.4. The molecule has 1 aromatic carbocycles. The average Bonchev–Trinajstić information content (AvgIpc) is 2.43. The molecular formula is C15H20FN3O. The summed E-state index contributed by atoms with van der Waals surface area (Å²) in [6.07, 6.45) is 3.41. The third-order valence-electron chi connectivity index (χ3n) is 4.14. The summed E-state index contributed by atoms with van der Waals surface area (Å²) in [4.78, 5) is 14.3. The van der Waals surface area contributed by atoms with Crippen LogP contribution < -0.4 is 15.5 Å². The van der Waals surface area contributed by atoms with Crippen LogP contribution in [-0.2, 0) is 4.79 Å². The zero-order chi connectivity index (χ0) is 13.9. The van der Waals surface area contributed by atoms with Gasteiger partial charge in [0, 0.05) is 31.4 Å². The van der Waals surface area contributed by atoms with Crippen molar-refractivity contribution in [3.05, 3.63) is 30.1 Å². The minimum Gasteiger partial charge on any atom is -0.368 e. The standard InChI is InChI=1S/C15H20FN3O/c16-11-4-6-13(7-5-11)19-9-8-17-14(10-19)15(20)18-12-2-1-3-12/h4-7,12,14,17H,1-3,8-10H2,(H,18,20)/t14-/m0/s1. The molecule has 1 aliphatic carbocycles. The SMILES string of the molecule is O=C(NC1CCC1)[C@@H]1CN(c2ccc(F)cc2)CCN1. The number of piperazine rings is 1. The molecule has 5 heteroatoms. The van der Waals surface area contributed by atoms with Gasteiger partial charge in [-0.1, -0.05) is 0 Å². The smallest absolute Gasteiger partial charge is 0.239 e. The molecule has 0 unspecified atom stereocenters. The first-order valence-electron chi connectivity index (χ1n) is 7.26. The normalized spacial score (nSPS) is 23.2. The molecule has 1 saturated carbocycles. The molecule has 1 aliphatic heterocycles. The lowest BCUT2D eigenvalue weighted by Gasteiger charge is -2.36. The van der Waals surface area contributed by atoms with E-state index >= 15 is 0 Å². The predicted molar refractivity (Wildman–Crippen MR) is 76.2 cm³/mol. The molecule has 2 N–H and O–H groups in total. The monoisotopic (exact) mass is 277 g/mol. The van der Waals surface area contributed by atoms with Crippen molar-refractivity contribution in [2.24, 2.45) is 0 Å². The number of amides is 1. The first-order valence-corrected chi connectivity index (χ1v) is 7.26. The van der Waals surface area contributed by atoms with Crippen LogP contribution in [0.1, 0.15) is 19.3 Å². The van der Waals surface area contributed by atoms with E-state index in [1.165, 1.54) is 18.6 Å². The van der Waals surface area contributed by atoms with E-state index in [1.807, 2.05) is 0 Å². The van der Waals surface area contributed by atoms with Crippen molar-refractivity contribution in [1.29, 1.82) is 0 Å². The van der Waals surface area contributed by atoms with E-state index in [1.54, 1.807) is 12.1 Å². The van der Waals surface area contributed by atoms with E-state index in [9.17, 15) is 9.18 Å². The third kappa shape index (κ3) is 2.93. The highest BCUT2D eigenvalue weighted by Gasteiger charge is 2.28. The molecule has 0 bridgehead atoms. The summed E-state index contributed by atoms with van der Waals surface area (Å²) >= 11 is 0. The van der Waals surface area contributed by atoms with Gasteiger partial charge in [-0.2, -0.15) is 0 Å². The molecule has 2 fully saturated rings. The molecule has 0 radical (unpaired) electrons. The van der Waals surface area contributed by atoms with Gasteiger partial charge in [-0.25, -0.2) is 4.39 Å². The fourth-order valence-electron chi connectivity index (χ4n) is 2.67. The molecule has 20 heavy (non-hydrogen) atoms. The Labute approximate surface area is 118 Å². The highest BCUT2D eigenvalue weighted by Crippen LogP contribution is 2.19. The zero-order valence-electron chi connectivity index (χ0n) is 11.4. The van der Waals surface area contributed by atoms with Crippen LogP contribution in [0.25, 0.3) is 0 Å². The third-order valence-corrected chi connectivity index (χ3v) is 4.14. The maximum absolute atomic E-state index is 13.0. The highest BCUT2D eigenvalue weighted by atomic mass is 19.1. The maximum Gasteiger partial charge on any atom is 0.239 e. The summed E-state index contributed by atoms with van der Waals surface area (Å²) < 4.78 is 13.0. The first-order chi connectivity index (χ1) is 9.72. The molecule has 1 amide bonds. The average molecular weight is 277 g/mol. The van der Waals surface area contributed by atoms with Gasteiger partial charge in [0.25, 0.3) is 0 Å². The van der Waals surface area contributed by atoms with E-state index < -0.39 is 0 Å². The summed E-state index contributed by atoms with van der Waals surface area (Å²) in [5.74, 6) is -0.148. The lowest BCUT2D eigenvalue weighted by Crippen LogP contribution is -2.59. The number of nitrogens with one attached hydrogen (secondary N) is 2. The number of hydrogen-bond donors (Lipinski definition) is 2. The number of nitrogens with zero attached hydrogens (tertiary/aromatic N) is 1. The van der Waals surface area contributed by atoms with Crippen LogP contribution in [0.3, 0.4) is 0 Å². The Kier molecular flexibility index (Phi) is 3.87. The van der Waals surface area contributed by atoms with E-state index in [-0.39, 0.29) is 17.8 Å². The van der Waals surface area contributed by atoms with Gasteiger partial charge in [0.05, 0.1) is 0 Å². The number of anilines is 1. The largest absolute Gasteiger partial charge is 0.368 e. The van der Waals surface area contributed by atoms with E-state index in [0.29, 0.717) is 12.6 Å². The van der Waals surface area contributed by atoms with Gasteiger partial charge >= 0.3 is 0 Å². The van der Waals surface area contributed by atoms with Crippen LogP contribution >= 0.6 is 0 Å². The van der Waals surface area contributed by atoms with Crippen molar-refractivity contribution < 1.29 is 9.18 Å². The number of carbonyl (C=O) groups is 1. The molecule has 0 aromatic heterocycles. The Morgan fingerprint density at radius 1 is 1.30 bits per heavy atom. The number of benzene rings is 1. The number of hydrogen-bond acceptors (Lipinski definition) is 3. The lowest BCUT2D eigenvalue weighted by molar-refractivity contribution is -0.124. The summed E-state index contributed by atoms with van der Waals surface area (Å²) in [6, 6.07) is 6.63. The Hall–Kier alpha value is -1.62. The molecule has 4 nitrogen and oxygen atoms in total.